The Morgan fingerprint density at radius 2 is 2.00 bits per heavy atom. The SMILES string of the molecule is CCN(CC)C(=O)Oc1c(C)n(C)ccc1=O. The highest BCUT2D eigenvalue weighted by Gasteiger charge is 2.16. The second-order valence-electron chi connectivity index (χ2n) is 3.75. The summed E-state index contributed by atoms with van der Waals surface area (Å²) in [6.07, 6.45) is 1.16. The molecule has 0 aliphatic rings. The number of aryl methyl sites for hydroxylation is 1. The first-order valence-electron chi connectivity index (χ1n) is 5.64. The van der Waals surface area contributed by atoms with Crippen molar-refractivity contribution in [1.29, 1.82) is 0 Å². The van der Waals surface area contributed by atoms with Crippen molar-refractivity contribution in [3.63, 3.8) is 0 Å². The van der Waals surface area contributed by atoms with Crippen molar-refractivity contribution in [2.24, 2.45) is 7.05 Å². The molecule has 0 saturated carbocycles. The molecule has 1 aromatic heterocycles. The summed E-state index contributed by atoms with van der Waals surface area (Å²) in [5.74, 6) is 0.104. The van der Waals surface area contributed by atoms with E-state index in [9.17, 15) is 9.59 Å². The molecule has 0 N–H and O–H groups in total. The van der Waals surface area contributed by atoms with Gasteiger partial charge in [-0.25, -0.2) is 4.79 Å². The number of ether oxygens (including phenoxy) is 1. The van der Waals surface area contributed by atoms with Crippen LogP contribution in [0.4, 0.5) is 4.79 Å². The molecule has 5 nitrogen and oxygen atoms in total. The van der Waals surface area contributed by atoms with E-state index in [0.29, 0.717) is 18.8 Å². The molecule has 0 atom stereocenters. The molecule has 1 heterocycles. The second kappa shape index (κ2) is 5.52. The van der Waals surface area contributed by atoms with Gasteiger partial charge in [0.2, 0.25) is 5.43 Å². The van der Waals surface area contributed by atoms with E-state index in [1.807, 2.05) is 13.8 Å². The van der Waals surface area contributed by atoms with Gasteiger partial charge in [-0.15, -0.1) is 0 Å². The van der Waals surface area contributed by atoms with Crippen LogP contribution in [0, 0.1) is 6.92 Å². The maximum Gasteiger partial charge on any atom is 0.415 e. The van der Waals surface area contributed by atoms with Crippen LogP contribution >= 0.6 is 0 Å². The minimum absolute atomic E-state index is 0.104. The van der Waals surface area contributed by atoms with Gasteiger partial charge in [-0.1, -0.05) is 0 Å². The molecule has 0 aromatic carbocycles. The van der Waals surface area contributed by atoms with Gasteiger partial charge in [0.05, 0.1) is 5.69 Å². The van der Waals surface area contributed by atoms with Crippen molar-refractivity contribution in [2.45, 2.75) is 20.8 Å². The van der Waals surface area contributed by atoms with Crippen LogP contribution in [0.3, 0.4) is 0 Å². The maximum absolute atomic E-state index is 11.7. The fraction of sp³-hybridized carbons (Fsp3) is 0.500. The smallest absolute Gasteiger partial charge is 0.404 e. The second-order valence-corrected chi connectivity index (χ2v) is 3.75. The van der Waals surface area contributed by atoms with Crippen LogP contribution in [0.2, 0.25) is 0 Å². The molecule has 0 bridgehead atoms. The number of rotatable bonds is 3. The number of pyridine rings is 1. The van der Waals surface area contributed by atoms with Crippen molar-refractivity contribution < 1.29 is 9.53 Å². The number of aromatic nitrogens is 1. The number of carbonyl (C=O) groups is 1. The van der Waals surface area contributed by atoms with Crippen LogP contribution in [0.15, 0.2) is 17.1 Å². The minimum Gasteiger partial charge on any atom is -0.404 e. The van der Waals surface area contributed by atoms with E-state index in [4.69, 9.17) is 4.74 Å². The topological polar surface area (TPSA) is 51.5 Å². The van der Waals surface area contributed by atoms with Crippen molar-refractivity contribution in [1.82, 2.24) is 9.47 Å². The summed E-state index contributed by atoms with van der Waals surface area (Å²) in [5, 5.41) is 0. The van der Waals surface area contributed by atoms with Gasteiger partial charge in [-0.05, 0) is 20.8 Å². The van der Waals surface area contributed by atoms with E-state index in [2.05, 4.69) is 0 Å². The first-order chi connectivity index (χ1) is 8.01. The third-order valence-electron chi connectivity index (χ3n) is 2.74. The predicted octanol–water partition coefficient (Wildman–Crippen LogP) is 1.53. The number of carbonyl (C=O) groups excluding carboxylic acids is 1. The molecule has 1 aromatic rings. The minimum atomic E-state index is -0.485. The summed E-state index contributed by atoms with van der Waals surface area (Å²) < 4.78 is 6.90. The molecule has 0 aliphatic carbocycles. The molecule has 1 rings (SSSR count). The Bertz CT molecular complexity index is 461. The fourth-order valence-electron chi connectivity index (χ4n) is 1.46. The van der Waals surface area contributed by atoms with Crippen molar-refractivity contribution in [3.8, 4) is 5.75 Å². The zero-order valence-electron chi connectivity index (χ0n) is 10.7. The first-order valence-corrected chi connectivity index (χ1v) is 5.64. The summed E-state index contributed by atoms with van der Waals surface area (Å²) in [4.78, 5) is 24.9. The largest absolute Gasteiger partial charge is 0.415 e. The van der Waals surface area contributed by atoms with Gasteiger partial charge < -0.3 is 14.2 Å². The van der Waals surface area contributed by atoms with Crippen LogP contribution in [-0.2, 0) is 7.05 Å². The average molecular weight is 238 g/mol. The Hall–Kier alpha value is -1.78. The van der Waals surface area contributed by atoms with Crippen molar-refractivity contribution in [2.75, 3.05) is 13.1 Å². The van der Waals surface area contributed by atoms with Gasteiger partial charge in [0, 0.05) is 32.4 Å². The van der Waals surface area contributed by atoms with Crippen LogP contribution in [-0.4, -0.2) is 28.6 Å². The zero-order chi connectivity index (χ0) is 13.0. The molecule has 0 spiro atoms. The lowest BCUT2D eigenvalue weighted by molar-refractivity contribution is 0.156. The Balaban J connectivity index is 3.00. The number of amides is 1. The average Bonchev–Trinajstić information content (AvgIpc) is 2.31. The highest BCUT2D eigenvalue weighted by Crippen LogP contribution is 2.11. The van der Waals surface area contributed by atoms with Crippen LogP contribution in [0.1, 0.15) is 19.5 Å². The van der Waals surface area contributed by atoms with Gasteiger partial charge in [-0.3, -0.25) is 4.79 Å². The Kier molecular flexibility index (Phi) is 4.31. The van der Waals surface area contributed by atoms with Crippen LogP contribution in [0.25, 0.3) is 0 Å². The Labute approximate surface area is 101 Å². The molecule has 5 heteroatoms. The Morgan fingerprint density at radius 3 is 2.53 bits per heavy atom. The molecule has 0 saturated heterocycles. The predicted molar refractivity (Wildman–Crippen MR) is 65.4 cm³/mol. The molecular formula is C12H18N2O3. The highest BCUT2D eigenvalue weighted by molar-refractivity contribution is 5.70. The van der Waals surface area contributed by atoms with Gasteiger partial charge in [0.1, 0.15) is 0 Å². The van der Waals surface area contributed by atoms with E-state index >= 15 is 0 Å². The van der Waals surface area contributed by atoms with Crippen molar-refractivity contribution >= 4 is 6.09 Å². The molecular weight excluding hydrogens is 220 g/mol. The van der Waals surface area contributed by atoms with Crippen LogP contribution < -0.4 is 10.2 Å². The van der Waals surface area contributed by atoms with E-state index in [1.54, 1.807) is 24.7 Å². The molecule has 0 fully saturated rings. The van der Waals surface area contributed by atoms with E-state index in [-0.39, 0.29) is 11.2 Å². The summed E-state index contributed by atoms with van der Waals surface area (Å²) in [7, 11) is 1.80. The third-order valence-corrected chi connectivity index (χ3v) is 2.74. The lowest BCUT2D eigenvalue weighted by atomic mass is 10.3. The molecule has 0 aliphatic heterocycles. The summed E-state index contributed by atoms with van der Waals surface area (Å²) in [6.45, 7) is 6.58. The normalized spacial score (nSPS) is 10.1. The molecule has 94 valence electrons. The molecule has 17 heavy (non-hydrogen) atoms. The first kappa shape index (κ1) is 13.3. The zero-order valence-corrected chi connectivity index (χ0v) is 10.7. The van der Waals surface area contributed by atoms with E-state index < -0.39 is 6.09 Å². The maximum atomic E-state index is 11.7. The third kappa shape index (κ3) is 2.87. The van der Waals surface area contributed by atoms with Gasteiger partial charge in [-0.2, -0.15) is 0 Å². The molecule has 0 radical (unpaired) electrons. The van der Waals surface area contributed by atoms with Crippen molar-refractivity contribution in [3.05, 3.63) is 28.2 Å². The number of hydrogen-bond donors (Lipinski definition) is 0. The molecule has 1 amide bonds. The van der Waals surface area contributed by atoms with E-state index in [0.717, 1.165) is 0 Å². The van der Waals surface area contributed by atoms with Gasteiger partial charge in [0.25, 0.3) is 0 Å². The lowest BCUT2D eigenvalue weighted by Gasteiger charge is -2.18. The van der Waals surface area contributed by atoms with Gasteiger partial charge >= 0.3 is 6.09 Å². The summed E-state index contributed by atoms with van der Waals surface area (Å²) in [6, 6.07) is 1.39. The van der Waals surface area contributed by atoms with Crippen LogP contribution in [0.5, 0.6) is 5.75 Å². The quantitative estimate of drug-likeness (QED) is 0.802. The Morgan fingerprint density at radius 1 is 1.41 bits per heavy atom. The molecule has 0 unspecified atom stereocenters. The van der Waals surface area contributed by atoms with E-state index in [1.165, 1.54) is 11.0 Å². The van der Waals surface area contributed by atoms with Gasteiger partial charge in [0.15, 0.2) is 5.75 Å². The number of nitrogens with zero attached hydrogens (tertiary/aromatic N) is 2. The monoisotopic (exact) mass is 238 g/mol. The standard InChI is InChI=1S/C12H18N2O3/c1-5-14(6-2)12(16)17-11-9(3)13(4)8-7-10(11)15/h7-8H,5-6H2,1-4H3. The highest BCUT2D eigenvalue weighted by atomic mass is 16.6. The number of hydrogen-bond acceptors (Lipinski definition) is 3. The summed E-state index contributed by atoms with van der Waals surface area (Å²) in [5.41, 5.74) is 0.360. The lowest BCUT2D eigenvalue weighted by Crippen LogP contribution is -2.34. The fourth-order valence-corrected chi connectivity index (χ4v) is 1.46. The summed E-state index contributed by atoms with van der Waals surface area (Å²) >= 11 is 0.